The summed E-state index contributed by atoms with van der Waals surface area (Å²) in [5.74, 6) is 1.22. The third-order valence-electron chi connectivity index (χ3n) is 3.71. The van der Waals surface area contributed by atoms with Gasteiger partial charge >= 0.3 is 0 Å². The van der Waals surface area contributed by atoms with Crippen LogP contribution in [-0.2, 0) is 22.3 Å². The number of guanidine groups is 1. The van der Waals surface area contributed by atoms with Gasteiger partial charge in [0.2, 0.25) is 10.0 Å². The summed E-state index contributed by atoms with van der Waals surface area (Å²) in [5, 5.41) is 6.58. The van der Waals surface area contributed by atoms with Crippen LogP contribution in [0.3, 0.4) is 0 Å². The number of hydrogen-bond acceptors (Lipinski definition) is 3. The molecule has 0 saturated carbocycles. The summed E-state index contributed by atoms with van der Waals surface area (Å²) < 4.78 is 25.6. The standard InChI is InChI=1S/C16H28N4O2S/c1-12(2)13(3)20-16(17-4)19-10-14-7-6-8-15(9-14)11-23(21,22)18-5/h6-9,12-13,18H,10-11H2,1-5H3,(H2,17,19,20). The fourth-order valence-corrected chi connectivity index (χ4v) is 2.65. The predicted octanol–water partition coefficient (Wildman–Crippen LogP) is 1.45. The topological polar surface area (TPSA) is 82.6 Å². The second kappa shape index (κ2) is 8.88. The summed E-state index contributed by atoms with van der Waals surface area (Å²) >= 11 is 0. The van der Waals surface area contributed by atoms with Crippen LogP contribution in [0, 0.1) is 5.92 Å². The molecule has 0 saturated heterocycles. The van der Waals surface area contributed by atoms with E-state index in [2.05, 4.69) is 41.1 Å². The average molecular weight is 340 g/mol. The van der Waals surface area contributed by atoms with E-state index in [0.29, 0.717) is 18.5 Å². The van der Waals surface area contributed by atoms with Gasteiger partial charge in [0.25, 0.3) is 0 Å². The Labute approximate surface area is 139 Å². The summed E-state index contributed by atoms with van der Waals surface area (Å²) in [6.45, 7) is 6.99. The van der Waals surface area contributed by atoms with Crippen molar-refractivity contribution in [1.82, 2.24) is 15.4 Å². The maximum Gasteiger partial charge on any atom is 0.215 e. The van der Waals surface area contributed by atoms with Gasteiger partial charge in [-0.05, 0) is 31.0 Å². The van der Waals surface area contributed by atoms with Gasteiger partial charge in [0.05, 0.1) is 5.75 Å². The quantitative estimate of drug-likeness (QED) is 0.518. The molecule has 1 unspecified atom stereocenters. The van der Waals surface area contributed by atoms with Crippen molar-refractivity contribution in [3.8, 4) is 0 Å². The molecule has 1 aromatic rings. The lowest BCUT2D eigenvalue weighted by atomic mass is 10.1. The van der Waals surface area contributed by atoms with Crippen molar-refractivity contribution in [2.24, 2.45) is 10.9 Å². The van der Waals surface area contributed by atoms with Crippen molar-refractivity contribution in [1.29, 1.82) is 0 Å². The summed E-state index contributed by atoms with van der Waals surface area (Å²) in [6, 6.07) is 7.84. The maximum absolute atomic E-state index is 11.6. The van der Waals surface area contributed by atoms with Gasteiger partial charge in [0.15, 0.2) is 5.96 Å². The average Bonchev–Trinajstić information content (AvgIpc) is 2.51. The van der Waals surface area contributed by atoms with Crippen molar-refractivity contribution in [2.75, 3.05) is 14.1 Å². The summed E-state index contributed by atoms with van der Waals surface area (Å²) in [5.41, 5.74) is 1.77. The van der Waals surface area contributed by atoms with Crippen LogP contribution in [0.2, 0.25) is 0 Å². The van der Waals surface area contributed by atoms with Crippen molar-refractivity contribution in [3.63, 3.8) is 0 Å². The van der Waals surface area contributed by atoms with E-state index in [0.717, 1.165) is 17.1 Å². The van der Waals surface area contributed by atoms with Crippen LogP contribution in [0.25, 0.3) is 0 Å². The van der Waals surface area contributed by atoms with Crippen LogP contribution in [-0.4, -0.2) is 34.5 Å². The number of sulfonamides is 1. The van der Waals surface area contributed by atoms with E-state index in [1.54, 1.807) is 7.05 Å². The molecule has 7 heteroatoms. The van der Waals surface area contributed by atoms with E-state index >= 15 is 0 Å². The Morgan fingerprint density at radius 1 is 1.22 bits per heavy atom. The number of rotatable bonds is 7. The van der Waals surface area contributed by atoms with Crippen LogP contribution >= 0.6 is 0 Å². The molecule has 0 radical (unpaired) electrons. The highest BCUT2D eigenvalue weighted by Gasteiger charge is 2.10. The summed E-state index contributed by atoms with van der Waals surface area (Å²) in [4.78, 5) is 4.21. The van der Waals surface area contributed by atoms with E-state index < -0.39 is 10.0 Å². The highest BCUT2D eigenvalue weighted by molar-refractivity contribution is 7.88. The minimum atomic E-state index is -3.26. The molecule has 0 aliphatic carbocycles. The first kappa shape index (κ1) is 19.4. The molecule has 1 rings (SSSR count). The van der Waals surface area contributed by atoms with Gasteiger partial charge < -0.3 is 10.6 Å². The summed E-state index contributed by atoms with van der Waals surface area (Å²) in [6.07, 6.45) is 0. The first-order valence-corrected chi connectivity index (χ1v) is 9.39. The van der Waals surface area contributed by atoms with Crippen molar-refractivity contribution in [2.45, 2.75) is 39.1 Å². The first-order valence-electron chi connectivity index (χ1n) is 7.73. The molecule has 0 heterocycles. The molecular formula is C16H28N4O2S. The Kier molecular flexibility index (Phi) is 7.51. The van der Waals surface area contributed by atoms with Gasteiger partial charge in [-0.25, -0.2) is 13.1 Å². The van der Waals surface area contributed by atoms with Crippen LogP contribution in [0.5, 0.6) is 0 Å². The van der Waals surface area contributed by atoms with Crippen molar-refractivity contribution >= 4 is 16.0 Å². The molecule has 6 nitrogen and oxygen atoms in total. The monoisotopic (exact) mass is 340 g/mol. The van der Waals surface area contributed by atoms with Gasteiger partial charge in [-0.3, -0.25) is 4.99 Å². The third-order valence-corrected chi connectivity index (χ3v) is 5.04. The SMILES string of the molecule is CN=C(NCc1cccc(CS(=O)(=O)NC)c1)NC(C)C(C)C. The van der Waals surface area contributed by atoms with E-state index in [9.17, 15) is 8.42 Å². The summed E-state index contributed by atoms with van der Waals surface area (Å²) in [7, 11) is -0.0998. The second-order valence-corrected chi connectivity index (χ2v) is 7.81. The molecule has 3 N–H and O–H groups in total. The van der Waals surface area contributed by atoms with Crippen molar-refractivity contribution < 1.29 is 8.42 Å². The highest BCUT2D eigenvalue weighted by atomic mass is 32.2. The van der Waals surface area contributed by atoms with E-state index in [1.807, 2.05) is 24.3 Å². The molecule has 23 heavy (non-hydrogen) atoms. The number of nitrogens with one attached hydrogen (secondary N) is 3. The molecular weight excluding hydrogens is 312 g/mol. The lowest BCUT2D eigenvalue weighted by Gasteiger charge is -2.20. The molecule has 0 aliphatic rings. The van der Waals surface area contributed by atoms with E-state index in [-0.39, 0.29) is 5.75 Å². The Balaban J connectivity index is 2.67. The molecule has 130 valence electrons. The van der Waals surface area contributed by atoms with Crippen LogP contribution in [0.4, 0.5) is 0 Å². The molecule has 0 aromatic heterocycles. The Morgan fingerprint density at radius 3 is 2.43 bits per heavy atom. The molecule has 0 spiro atoms. The molecule has 0 amide bonds. The Bertz CT molecular complexity index is 627. The number of benzene rings is 1. The first-order chi connectivity index (χ1) is 10.8. The minimum absolute atomic E-state index is 0.0191. The molecule has 0 aliphatic heterocycles. The number of nitrogens with zero attached hydrogens (tertiary/aromatic N) is 1. The van der Waals surface area contributed by atoms with Crippen LogP contribution in [0.1, 0.15) is 31.9 Å². The van der Waals surface area contributed by atoms with Gasteiger partial charge in [-0.15, -0.1) is 0 Å². The van der Waals surface area contributed by atoms with Gasteiger partial charge in [-0.2, -0.15) is 0 Å². The minimum Gasteiger partial charge on any atom is -0.354 e. The van der Waals surface area contributed by atoms with E-state index in [4.69, 9.17) is 0 Å². The van der Waals surface area contributed by atoms with Gasteiger partial charge in [0, 0.05) is 19.6 Å². The number of hydrogen-bond donors (Lipinski definition) is 3. The fourth-order valence-electron chi connectivity index (χ4n) is 1.88. The Hall–Kier alpha value is -1.60. The number of aliphatic imine (C=N–C) groups is 1. The zero-order chi connectivity index (χ0) is 17.5. The van der Waals surface area contributed by atoms with Crippen LogP contribution < -0.4 is 15.4 Å². The normalized spacial score (nSPS) is 13.9. The fraction of sp³-hybridized carbons (Fsp3) is 0.562. The van der Waals surface area contributed by atoms with Gasteiger partial charge in [-0.1, -0.05) is 38.1 Å². The van der Waals surface area contributed by atoms with E-state index in [1.165, 1.54) is 7.05 Å². The maximum atomic E-state index is 11.6. The lowest BCUT2D eigenvalue weighted by molar-refractivity contribution is 0.481. The highest BCUT2D eigenvalue weighted by Crippen LogP contribution is 2.08. The third kappa shape index (κ3) is 7.00. The molecule has 0 fully saturated rings. The molecule has 1 atom stereocenters. The Morgan fingerprint density at radius 2 is 1.87 bits per heavy atom. The largest absolute Gasteiger partial charge is 0.354 e. The molecule has 1 aromatic carbocycles. The molecule has 0 bridgehead atoms. The van der Waals surface area contributed by atoms with Crippen molar-refractivity contribution in [3.05, 3.63) is 35.4 Å². The zero-order valence-electron chi connectivity index (χ0n) is 14.6. The second-order valence-electron chi connectivity index (χ2n) is 5.89. The van der Waals surface area contributed by atoms with Gasteiger partial charge in [0.1, 0.15) is 0 Å². The predicted molar refractivity (Wildman–Crippen MR) is 95.8 cm³/mol. The smallest absolute Gasteiger partial charge is 0.215 e. The van der Waals surface area contributed by atoms with Crippen LogP contribution in [0.15, 0.2) is 29.3 Å². The zero-order valence-corrected chi connectivity index (χ0v) is 15.4. The lowest BCUT2D eigenvalue weighted by Crippen LogP contribution is -2.43.